The SMILES string of the molecule is CCc1nc2c(C)cc(Br)cn2c1C(=O)N(C)C1CCCCC1. The van der Waals surface area contributed by atoms with Gasteiger partial charge in [0.1, 0.15) is 11.3 Å². The molecule has 0 aromatic carbocycles. The summed E-state index contributed by atoms with van der Waals surface area (Å²) in [6.45, 7) is 4.09. The van der Waals surface area contributed by atoms with Crippen molar-refractivity contribution in [2.75, 3.05) is 7.05 Å². The molecule has 1 amide bonds. The zero-order valence-corrected chi connectivity index (χ0v) is 15.7. The first kappa shape index (κ1) is 16.5. The second-order valence-corrected chi connectivity index (χ2v) is 7.42. The molecule has 5 heteroatoms. The molecule has 2 aromatic rings. The summed E-state index contributed by atoms with van der Waals surface area (Å²) in [7, 11) is 1.95. The van der Waals surface area contributed by atoms with Crippen LogP contribution in [0.3, 0.4) is 0 Å². The molecule has 0 unspecified atom stereocenters. The molecular formula is C18H24BrN3O. The normalized spacial score (nSPS) is 16.0. The molecule has 2 heterocycles. The van der Waals surface area contributed by atoms with Gasteiger partial charge < -0.3 is 4.90 Å². The summed E-state index contributed by atoms with van der Waals surface area (Å²) >= 11 is 3.54. The molecule has 0 bridgehead atoms. The second kappa shape index (κ2) is 6.63. The number of hydrogen-bond donors (Lipinski definition) is 0. The Kier molecular flexibility index (Phi) is 4.76. The van der Waals surface area contributed by atoms with Crippen molar-refractivity contribution in [2.45, 2.75) is 58.4 Å². The van der Waals surface area contributed by atoms with E-state index in [0.29, 0.717) is 6.04 Å². The molecule has 0 N–H and O–H groups in total. The molecule has 1 fully saturated rings. The fourth-order valence-electron chi connectivity index (χ4n) is 3.59. The first-order valence-electron chi connectivity index (χ1n) is 8.47. The van der Waals surface area contributed by atoms with Crippen LogP contribution < -0.4 is 0 Å². The van der Waals surface area contributed by atoms with Crippen LogP contribution in [0.15, 0.2) is 16.7 Å². The van der Waals surface area contributed by atoms with Gasteiger partial charge in [0.15, 0.2) is 0 Å². The van der Waals surface area contributed by atoms with Crippen molar-refractivity contribution < 1.29 is 4.79 Å². The number of imidazole rings is 1. The van der Waals surface area contributed by atoms with E-state index < -0.39 is 0 Å². The fraction of sp³-hybridized carbons (Fsp3) is 0.556. The van der Waals surface area contributed by atoms with Crippen LogP contribution >= 0.6 is 15.9 Å². The smallest absolute Gasteiger partial charge is 0.272 e. The summed E-state index contributed by atoms with van der Waals surface area (Å²) in [5, 5.41) is 0. The third kappa shape index (κ3) is 3.03. The van der Waals surface area contributed by atoms with Gasteiger partial charge in [0.05, 0.1) is 5.69 Å². The summed E-state index contributed by atoms with van der Waals surface area (Å²) in [6, 6.07) is 2.40. The van der Waals surface area contributed by atoms with Crippen molar-refractivity contribution >= 4 is 27.5 Å². The van der Waals surface area contributed by atoms with Gasteiger partial charge in [-0.25, -0.2) is 4.98 Å². The van der Waals surface area contributed by atoms with Gasteiger partial charge in [0.2, 0.25) is 0 Å². The average molecular weight is 378 g/mol. The Morgan fingerprint density at radius 1 is 1.39 bits per heavy atom. The lowest BCUT2D eigenvalue weighted by atomic mass is 9.94. The third-order valence-corrected chi connectivity index (χ3v) is 5.36. The monoisotopic (exact) mass is 377 g/mol. The van der Waals surface area contributed by atoms with Crippen molar-refractivity contribution in [3.63, 3.8) is 0 Å². The highest BCUT2D eigenvalue weighted by Crippen LogP contribution is 2.26. The molecule has 4 nitrogen and oxygen atoms in total. The highest BCUT2D eigenvalue weighted by Gasteiger charge is 2.27. The number of nitrogens with zero attached hydrogens (tertiary/aromatic N) is 3. The summed E-state index contributed by atoms with van der Waals surface area (Å²) < 4.78 is 2.93. The van der Waals surface area contributed by atoms with Crippen molar-refractivity contribution in [3.8, 4) is 0 Å². The number of carbonyl (C=O) groups is 1. The highest BCUT2D eigenvalue weighted by molar-refractivity contribution is 9.10. The number of hydrogen-bond acceptors (Lipinski definition) is 2. The van der Waals surface area contributed by atoms with Crippen molar-refractivity contribution in [3.05, 3.63) is 33.7 Å². The lowest BCUT2D eigenvalue weighted by Crippen LogP contribution is -2.39. The van der Waals surface area contributed by atoms with E-state index in [9.17, 15) is 4.79 Å². The molecule has 1 aliphatic rings. The van der Waals surface area contributed by atoms with Gasteiger partial charge in [-0.3, -0.25) is 9.20 Å². The van der Waals surface area contributed by atoms with Crippen LogP contribution in [0, 0.1) is 6.92 Å². The molecular weight excluding hydrogens is 354 g/mol. The van der Waals surface area contributed by atoms with E-state index in [1.54, 1.807) is 0 Å². The van der Waals surface area contributed by atoms with Gasteiger partial charge in [0.25, 0.3) is 5.91 Å². The Morgan fingerprint density at radius 2 is 2.09 bits per heavy atom. The van der Waals surface area contributed by atoms with E-state index in [0.717, 1.165) is 46.3 Å². The van der Waals surface area contributed by atoms with E-state index in [-0.39, 0.29) is 5.91 Å². The zero-order chi connectivity index (χ0) is 16.6. The number of rotatable bonds is 3. The zero-order valence-electron chi connectivity index (χ0n) is 14.1. The Hall–Kier alpha value is -1.36. The molecule has 1 saturated carbocycles. The minimum absolute atomic E-state index is 0.0961. The molecule has 23 heavy (non-hydrogen) atoms. The van der Waals surface area contributed by atoms with Gasteiger partial charge in [-0.1, -0.05) is 26.2 Å². The van der Waals surface area contributed by atoms with Crippen LogP contribution in [0.5, 0.6) is 0 Å². The standard InChI is InChI=1S/C18H24BrN3O/c1-4-15-16(18(23)21(3)14-8-6-5-7-9-14)22-11-13(19)10-12(2)17(22)20-15/h10-11,14H,4-9H2,1-3H3. The van der Waals surface area contributed by atoms with Crippen molar-refractivity contribution in [1.82, 2.24) is 14.3 Å². The van der Waals surface area contributed by atoms with Crippen molar-refractivity contribution in [2.24, 2.45) is 0 Å². The maximum atomic E-state index is 13.2. The molecule has 0 saturated heterocycles. The van der Waals surface area contributed by atoms with Gasteiger partial charge in [0, 0.05) is 23.8 Å². The number of fused-ring (bicyclic) bond motifs is 1. The van der Waals surface area contributed by atoms with Gasteiger partial charge >= 0.3 is 0 Å². The molecule has 0 atom stereocenters. The van der Waals surface area contributed by atoms with Crippen LogP contribution in [-0.2, 0) is 6.42 Å². The minimum atomic E-state index is 0.0961. The quantitative estimate of drug-likeness (QED) is 0.795. The van der Waals surface area contributed by atoms with E-state index in [4.69, 9.17) is 4.98 Å². The lowest BCUT2D eigenvalue weighted by Gasteiger charge is -2.31. The third-order valence-electron chi connectivity index (χ3n) is 4.92. The minimum Gasteiger partial charge on any atom is -0.337 e. The van der Waals surface area contributed by atoms with Crippen LogP contribution in [0.4, 0.5) is 0 Å². The predicted octanol–water partition coefficient (Wildman–Crippen LogP) is 4.37. The Bertz CT molecular complexity index is 731. The molecule has 3 rings (SSSR count). The van der Waals surface area contributed by atoms with Gasteiger partial charge in [-0.15, -0.1) is 0 Å². The maximum Gasteiger partial charge on any atom is 0.272 e. The number of pyridine rings is 1. The van der Waals surface area contributed by atoms with Crippen LogP contribution in [0.2, 0.25) is 0 Å². The fourth-order valence-corrected chi connectivity index (χ4v) is 4.14. The molecule has 1 aliphatic carbocycles. The second-order valence-electron chi connectivity index (χ2n) is 6.50. The van der Waals surface area contributed by atoms with Crippen LogP contribution in [0.25, 0.3) is 5.65 Å². The van der Waals surface area contributed by atoms with E-state index in [1.165, 1.54) is 19.3 Å². The van der Waals surface area contributed by atoms with Crippen LogP contribution in [-0.4, -0.2) is 33.3 Å². The lowest BCUT2D eigenvalue weighted by molar-refractivity contribution is 0.0688. The largest absolute Gasteiger partial charge is 0.337 e. The summed E-state index contributed by atoms with van der Waals surface area (Å²) in [6.07, 6.45) is 8.68. The topological polar surface area (TPSA) is 37.6 Å². The van der Waals surface area contributed by atoms with Gasteiger partial charge in [-0.2, -0.15) is 0 Å². The molecule has 0 spiro atoms. The molecule has 124 valence electrons. The first-order valence-corrected chi connectivity index (χ1v) is 9.26. The summed E-state index contributed by atoms with van der Waals surface area (Å²) in [5.41, 5.74) is 3.57. The van der Waals surface area contributed by atoms with Crippen LogP contribution in [0.1, 0.15) is 60.8 Å². The molecule has 2 aromatic heterocycles. The Balaban J connectivity index is 2.05. The average Bonchev–Trinajstić information content (AvgIpc) is 2.93. The van der Waals surface area contributed by atoms with Crippen molar-refractivity contribution in [1.29, 1.82) is 0 Å². The van der Waals surface area contributed by atoms with Gasteiger partial charge in [-0.05, 0) is 53.7 Å². The first-order chi connectivity index (χ1) is 11.0. The Morgan fingerprint density at radius 3 is 2.74 bits per heavy atom. The number of aryl methyl sites for hydroxylation is 2. The van der Waals surface area contributed by atoms with E-state index in [1.807, 2.05) is 35.5 Å². The predicted molar refractivity (Wildman–Crippen MR) is 96.0 cm³/mol. The Labute approximate surface area is 146 Å². The maximum absolute atomic E-state index is 13.2. The van der Waals surface area contributed by atoms with E-state index >= 15 is 0 Å². The number of aromatic nitrogens is 2. The number of amides is 1. The van der Waals surface area contributed by atoms with E-state index in [2.05, 4.69) is 22.9 Å². The summed E-state index contributed by atoms with van der Waals surface area (Å²) in [4.78, 5) is 19.8. The highest BCUT2D eigenvalue weighted by atomic mass is 79.9. The molecule has 0 aliphatic heterocycles. The molecule has 0 radical (unpaired) electrons. The number of carbonyl (C=O) groups excluding carboxylic acids is 1. The summed E-state index contributed by atoms with van der Waals surface area (Å²) in [5.74, 6) is 0.0961. The number of halogens is 1.